The van der Waals surface area contributed by atoms with Crippen LogP contribution < -0.4 is 0 Å². The number of carbonyl (C=O) groups excluding carboxylic acids is 2. The summed E-state index contributed by atoms with van der Waals surface area (Å²) in [6.07, 6.45) is 4.79. The van der Waals surface area contributed by atoms with E-state index in [1.807, 2.05) is 17.0 Å². The number of esters is 1. The Kier molecular flexibility index (Phi) is 12.2. The molecule has 1 atom stereocenters. The van der Waals surface area contributed by atoms with Crippen LogP contribution in [0.25, 0.3) is 10.8 Å². The molecular weight excluding hydrogens is 422 g/mol. The maximum Gasteiger partial charge on any atom is 0.305 e. The normalized spacial score (nSPS) is 12.0. The zero-order valence-electron chi connectivity index (χ0n) is 19.7. The fraction of sp³-hybridized carbons (Fsp3) is 0.538. The lowest BCUT2D eigenvalue weighted by Gasteiger charge is -2.27. The number of ether oxygens (including phenoxy) is 2. The van der Waals surface area contributed by atoms with Gasteiger partial charge in [-0.2, -0.15) is 0 Å². The van der Waals surface area contributed by atoms with Gasteiger partial charge in [-0.05, 0) is 42.2 Å². The van der Waals surface area contributed by atoms with Crippen LogP contribution in [-0.2, 0) is 19.1 Å². The second kappa shape index (κ2) is 14.9. The molecular formula is C26H37NO4S. The fourth-order valence-electron chi connectivity index (χ4n) is 3.67. The van der Waals surface area contributed by atoms with Gasteiger partial charge in [-0.15, -0.1) is 11.8 Å². The van der Waals surface area contributed by atoms with Crippen LogP contribution in [0, 0.1) is 5.92 Å². The minimum Gasteiger partial charge on any atom is -0.469 e. The Morgan fingerprint density at radius 2 is 1.75 bits per heavy atom. The van der Waals surface area contributed by atoms with Gasteiger partial charge in [0.15, 0.2) is 0 Å². The highest BCUT2D eigenvalue weighted by Crippen LogP contribution is 2.27. The van der Waals surface area contributed by atoms with E-state index in [-0.39, 0.29) is 24.2 Å². The molecule has 5 nitrogen and oxygen atoms in total. The second-order valence-electron chi connectivity index (χ2n) is 8.01. The molecule has 0 saturated carbocycles. The Bertz CT molecular complexity index is 831. The van der Waals surface area contributed by atoms with Crippen molar-refractivity contribution < 1.29 is 19.1 Å². The molecule has 0 aliphatic carbocycles. The lowest BCUT2D eigenvalue weighted by atomic mass is 10.0. The van der Waals surface area contributed by atoms with Crippen LogP contribution in [0.3, 0.4) is 0 Å². The van der Waals surface area contributed by atoms with Crippen LogP contribution in [0.5, 0.6) is 0 Å². The first-order valence-corrected chi connectivity index (χ1v) is 12.5. The minimum atomic E-state index is -0.268. The average molecular weight is 460 g/mol. The summed E-state index contributed by atoms with van der Waals surface area (Å²) in [5.41, 5.74) is 0. The van der Waals surface area contributed by atoms with Gasteiger partial charge < -0.3 is 14.4 Å². The molecule has 2 rings (SSSR count). The van der Waals surface area contributed by atoms with E-state index < -0.39 is 0 Å². The van der Waals surface area contributed by atoms with Crippen molar-refractivity contribution in [2.45, 2.75) is 50.3 Å². The van der Waals surface area contributed by atoms with E-state index >= 15 is 0 Å². The molecule has 0 bridgehead atoms. The van der Waals surface area contributed by atoms with Crippen molar-refractivity contribution in [3.8, 4) is 0 Å². The van der Waals surface area contributed by atoms with E-state index in [1.54, 1.807) is 18.9 Å². The number of fused-ring (bicyclic) bond motifs is 1. The second-order valence-corrected chi connectivity index (χ2v) is 9.10. The number of thioether (sulfide) groups is 1. The monoisotopic (exact) mass is 459 g/mol. The van der Waals surface area contributed by atoms with Gasteiger partial charge in [0.05, 0.1) is 7.11 Å². The van der Waals surface area contributed by atoms with E-state index in [4.69, 9.17) is 9.47 Å². The zero-order valence-corrected chi connectivity index (χ0v) is 20.5. The summed E-state index contributed by atoms with van der Waals surface area (Å²) in [5.74, 6) is 0.280. The van der Waals surface area contributed by atoms with Crippen LogP contribution in [0.15, 0.2) is 47.4 Å². The smallest absolute Gasteiger partial charge is 0.305 e. The number of hydrogen-bond acceptors (Lipinski definition) is 5. The van der Waals surface area contributed by atoms with Crippen molar-refractivity contribution in [3.05, 3.63) is 42.5 Å². The van der Waals surface area contributed by atoms with Crippen molar-refractivity contribution in [2.75, 3.05) is 39.7 Å². The summed E-state index contributed by atoms with van der Waals surface area (Å²) >= 11 is 1.68. The molecule has 0 N–H and O–H groups in total. The first kappa shape index (κ1) is 26.2. The number of benzene rings is 2. The molecule has 2 aromatic carbocycles. The standard InChI is InChI=1S/C26H37NO4S/c1-4-5-8-16-27(17-9-18-30-2)26(29)23(13-15-25(28)31-3)20-32-24-14-12-21-10-6-7-11-22(21)19-24/h6-7,10-12,14,19,23H,4-5,8-9,13,15-18,20H2,1-3H3/t23-/m0/s1. The van der Waals surface area contributed by atoms with Crippen LogP contribution in [0.2, 0.25) is 0 Å². The number of nitrogens with zero attached hydrogens (tertiary/aromatic N) is 1. The Morgan fingerprint density at radius 3 is 2.47 bits per heavy atom. The SMILES string of the molecule is CCCCCN(CCCOC)C(=O)[C@@H](CCC(=O)OC)CSc1ccc2ccccc2c1. The maximum absolute atomic E-state index is 13.5. The van der Waals surface area contributed by atoms with Gasteiger partial charge in [0, 0.05) is 49.8 Å². The number of methoxy groups -OCH3 is 2. The lowest BCUT2D eigenvalue weighted by molar-refractivity contribution is -0.141. The molecule has 0 aromatic heterocycles. The molecule has 0 fully saturated rings. The molecule has 2 aromatic rings. The van der Waals surface area contributed by atoms with Gasteiger partial charge in [-0.25, -0.2) is 0 Å². The molecule has 0 aliphatic heterocycles. The van der Waals surface area contributed by atoms with Gasteiger partial charge in [-0.1, -0.05) is 50.1 Å². The zero-order chi connectivity index (χ0) is 23.2. The molecule has 0 saturated heterocycles. The third-order valence-corrected chi connectivity index (χ3v) is 6.72. The molecule has 0 aliphatic rings. The average Bonchev–Trinajstić information content (AvgIpc) is 2.82. The molecule has 32 heavy (non-hydrogen) atoms. The van der Waals surface area contributed by atoms with Gasteiger partial charge >= 0.3 is 5.97 Å². The summed E-state index contributed by atoms with van der Waals surface area (Å²) in [4.78, 5) is 28.4. The predicted molar refractivity (Wildman–Crippen MR) is 132 cm³/mol. The van der Waals surface area contributed by atoms with Crippen LogP contribution in [0.1, 0.15) is 45.4 Å². The highest BCUT2D eigenvalue weighted by Gasteiger charge is 2.25. The Morgan fingerprint density at radius 1 is 1.00 bits per heavy atom. The molecule has 1 amide bonds. The van der Waals surface area contributed by atoms with Crippen LogP contribution >= 0.6 is 11.8 Å². The Balaban J connectivity index is 2.10. The van der Waals surface area contributed by atoms with Crippen LogP contribution in [0.4, 0.5) is 0 Å². The van der Waals surface area contributed by atoms with E-state index in [9.17, 15) is 9.59 Å². The number of amides is 1. The third-order valence-electron chi connectivity index (χ3n) is 5.57. The van der Waals surface area contributed by atoms with E-state index in [1.165, 1.54) is 17.9 Å². The quantitative estimate of drug-likeness (QED) is 0.198. The van der Waals surface area contributed by atoms with Crippen LogP contribution in [-0.4, -0.2) is 56.4 Å². The van der Waals surface area contributed by atoms with E-state index in [0.717, 1.165) is 37.1 Å². The van der Waals surface area contributed by atoms with E-state index in [2.05, 4.69) is 37.3 Å². The molecule has 0 spiro atoms. The summed E-state index contributed by atoms with van der Waals surface area (Å²) in [7, 11) is 3.08. The molecule has 6 heteroatoms. The Hall–Kier alpha value is -2.05. The summed E-state index contributed by atoms with van der Waals surface area (Å²) in [6, 6.07) is 14.7. The summed E-state index contributed by atoms with van der Waals surface area (Å²) in [6.45, 7) is 4.24. The first-order valence-electron chi connectivity index (χ1n) is 11.5. The van der Waals surface area contributed by atoms with Crippen molar-refractivity contribution >= 4 is 34.4 Å². The van der Waals surface area contributed by atoms with Crippen molar-refractivity contribution in [3.63, 3.8) is 0 Å². The fourth-order valence-corrected chi connectivity index (χ4v) is 4.75. The lowest BCUT2D eigenvalue weighted by Crippen LogP contribution is -2.39. The number of rotatable bonds is 15. The summed E-state index contributed by atoms with van der Waals surface area (Å²) < 4.78 is 10.0. The minimum absolute atomic E-state index is 0.134. The Labute approximate surface area is 196 Å². The molecule has 0 unspecified atom stereocenters. The van der Waals surface area contributed by atoms with Gasteiger partial charge in [0.2, 0.25) is 5.91 Å². The maximum atomic E-state index is 13.5. The number of unbranched alkanes of at least 4 members (excludes halogenated alkanes) is 2. The highest BCUT2D eigenvalue weighted by atomic mass is 32.2. The largest absolute Gasteiger partial charge is 0.469 e. The molecule has 0 radical (unpaired) electrons. The highest BCUT2D eigenvalue weighted by molar-refractivity contribution is 7.99. The van der Waals surface area contributed by atoms with Crippen molar-refractivity contribution in [2.24, 2.45) is 5.92 Å². The molecule has 176 valence electrons. The molecule has 0 heterocycles. The van der Waals surface area contributed by atoms with Crippen molar-refractivity contribution in [1.82, 2.24) is 4.90 Å². The van der Waals surface area contributed by atoms with Gasteiger partial charge in [0.1, 0.15) is 0 Å². The van der Waals surface area contributed by atoms with Gasteiger partial charge in [0.25, 0.3) is 0 Å². The number of hydrogen-bond donors (Lipinski definition) is 0. The van der Waals surface area contributed by atoms with Crippen molar-refractivity contribution in [1.29, 1.82) is 0 Å². The topological polar surface area (TPSA) is 55.8 Å². The number of carbonyl (C=O) groups is 2. The summed E-state index contributed by atoms with van der Waals surface area (Å²) in [5, 5.41) is 2.39. The first-order chi connectivity index (χ1) is 15.6. The van der Waals surface area contributed by atoms with Gasteiger partial charge in [-0.3, -0.25) is 9.59 Å². The predicted octanol–water partition coefficient (Wildman–Crippen LogP) is 5.56. The third kappa shape index (κ3) is 8.83. The van der Waals surface area contributed by atoms with E-state index in [0.29, 0.717) is 25.3 Å².